The molecule has 18 heavy (non-hydrogen) atoms. The maximum Gasteiger partial charge on any atom is 0.409 e. The summed E-state index contributed by atoms with van der Waals surface area (Å²) >= 11 is 17.8. The fourth-order valence-corrected chi connectivity index (χ4v) is 2.69. The van der Waals surface area contributed by atoms with E-state index in [2.05, 4.69) is 5.32 Å². The predicted octanol–water partition coefficient (Wildman–Crippen LogP) is 3.66. The second kappa shape index (κ2) is 4.61. The van der Waals surface area contributed by atoms with Crippen LogP contribution in [0.1, 0.15) is 17.9 Å². The molecule has 96 valence electrons. The molecule has 1 aliphatic rings. The molecule has 1 aliphatic carbocycles. The third-order valence-electron chi connectivity index (χ3n) is 2.83. The Kier molecular flexibility index (Phi) is 3.45. The SMILES string of the molecule is O=C(O)Nc1ccc(C2CC(=O)C2(Cl)Cl)c(Cl)c1. The van der Waals surface area contributed by atoms with Crippen LogP contribution in [0.25, 0.3) is 0 Å². The van der Waals surface area contributed by atoms with Gasteiger partial charge in [0.05, 0.1) is 0 Å². The van der Waals surface area contributed by atoms with Gasteiger partial charge in [-0.1, -0.05) is 40.9 Å². The van der Waals surface area contributed by atoms with Crippen molar-refractivity contribution in [1.82, 2.24) is 0 Å². The Hall–Kier alpha value is -0.970. The van der Waals surface area contributed by atoms with Crippen LogP contribution in [-0.4, -0.2) is 21.3 Å². The van der Waals surface area contributed by atoms with Crippen molar-refractivity contribution in [3.8, 4) is 0 Å². The van der Waals surface area contributed by atoms with Crippen LogP contribution in [0.5, 0.6) is 0 Å². The van der Waals surface area contributed by atoms with E-state index in [0.29, 0.717) is 16.3 Å². The number of rotatable bonds is 2. The van der Waals surface area contributed by atoms with E-state index < -0.39 is 10.4 Å². The number of hydrogen-bond acceptors (Lipinski definition) is 2. The van der Waals surface area contributed by atoms with Gasteiger partial charge in [-0.2, -0.15) is 0 Å². The molecule has 1 fully saturated rings. The third-order valence-corrected chi connectivity index (χ3v) is 4.10. The lowest BCUT2D eigenvalue weighted by molar-refractivity contribution is -0.125. The van der Waals surface area contributed by atoms with Crippen molar-refractivity contribution in [2.75, 3.05) is 5.32 Å². The van der Waals surface area contributed by atoms with E-state index >= 15 is 0 Å². The maximum atomic E-state index is 11.3. The highest BCUT2D eigenvalue weighted by atomic mass is 35.5. The second-order valence-corrected chi connectivity index (χ2v) is 5.76. The number of Topliss-reactive ketones (excluding diaryl/α,β-unsaturated/α-hetero) is 1. The summed E-state index contributed by atoms with van der Waals surface area (Å²) in [4.78, 5) is 21.7. The fraction of sp³-hybridized carbons (Fsp3) is 0.273. The Morgan fingerprint density at radius 3 is 2.56 bits per heavy atom. The number of hydrogen-bond donors (Lipinski definition) is 2. The monoisotopic (exact) mass is 307 g/mol. The van der Waals surface area contributed by atoms with Crippen molar-refractivity contribution in [3.63, 3.8) is 0 Å². The summed E-state index contributed by atoms with van der Waals surface area (Å²) in [6.07, 6.45) is -0.944. The Labute approximate surface area is 118 Å². The number of carboxylic acid groups (broad SMARTS) is 1. The molecule has 1 aromatic rings. The van der Waals surface area contributed by atoms with Crippen molar-refractivity contribution in [2.24, 2.45) is 0 Å². The minimum Gasteiger partial charge on any atom is -0.465 e. The Morgan fingerprint density at radius 1 is 1.44 bits per heavy atom. The van der Waals surface area contributed by atoms with Crippen molar-refractivity contribution >= 4 is 52.4 Å². The van der Waals surface area contributed by atoms with Gasteiger partial charge in [0.15, 0.2) is 10.1 Å². The smallest absolute Gasteiger partial charge is 0.409 e. The number of carbonyl (C=O) groups is 2. The highest BCUT2D eigenvalue weighted by molar-refractivity contribution is 6.61. The number of anilines is 1. The second-order valence-electron chi connectivity index (χ2n) is 3.97. The van der Waals surface area contributed by atoms with Gasteiger partial charge in [-0.15, -0.1) is 0 Å². The summed E-state index contributed by atoms with van der Waals surface area (Å²) in [7, 11) is 0. The van der Waals surface area contributed by atoms with Crippen LogP contribution >= 0.6 is 34.8 Å². The average Bonchev–Trinajstić information content (AvgIpc) is 2.26. The van der Waals surface area contributed by atoms with E-state index in [0.717, 1.165) is 0 Å². The average molecular weight is 309 g/mol. The molecule has 1 aromatic carbocycles. The molecule has 0 aliphatic heterocycles. The van der Waals surface area contributed by atoms with Gasteiger partial charge in [0.1, 0.15) is 0 Å². The van der Waals surface area contributed by atoms with Gasteiger partial charge < -0.3 is 5.11 Å². The van der Waals surface area contributed by atoms with E-state index in [9.17, 15) is 9.59 Å². The van der Waals surface area contributed by atoms with Crippen LogP contribution in [0.3, 0.4) is 0 Å². The van der Waals surface area contributed by atoms with Gasteiger partial charge in [-0.05, 0) is 17.7 Å². The van der Waals surface area contributed by atoms with Crippen molar-refractivity contribution in [3.05, 3.63) is 28.8 Å². The quantitative estimate of drug-likeness (QED) is 0.819. The van der Waals surface area contributed by atoms with Crippen LogP contribution in [0.15, 0.2) is 18.2 Å². The zero-order chi connectivity index (χ0) is 13.5. The summed E-state index contributed by atoms with van der Waals surface area (Å²) in [6.45, 7) is 0. The van der Waals surface area contributed by atoms with Gasteiger partial charge >= 0.3 is 6.09 Å². The molecule has 0 bridgehead atoms. The first-order valence-electron chi connectivity index (χ1n) is 5.03. The van der Waals surface area contributed by atoms with Crippen LogP contribution < -0.4 is 5.32 Å². The molecule has 2 rings (SSSR count). The first kappa shape index (κ1) is 13.5. The van der Waals surface area contributed by atoms with E-state index in [4.69, 9.17) is 39.9 Å². The van der Waals surface area contributed by atoms with Gasteiger partial charge in [-0.25, -0.2) is 4.79 Å². The van der Waals surface area contributed by atoms with Crippen LogP contribution in [-0.2, 0) is 4.79 Å². The zero-order valence-corrected chi connectivity index (χ0v) is 11.2. The molecular weight excluding hydrogens is 300 g/mol. The lowest BCUT2D eigenvalue weighted by Gasteiger charge is -2.38. The van der Waals surface area contributed by atoms with Crippen LogP contribution in [0, 0.1) is 0 Å². The Bertz CT molecular complexity index is 530. The molecular formula is C11H8Cl3NO3. The maximum absolute atomic E-state index is 11.3. The highest BCUT2D eigenvalue weighted by Crippen LogP contribution is 2.52. The first-order chi connectivity index (χ1) is 8.32. The minimum atomic E-state index is -1.44. The number of nitrogens with one attached hydrogen (secondary N) is 1. The predicted molar refractivity (Wildman–Crippen MR) is 69.9 cm³/mol. The van der Waals surface area contributed by atoms with Gasteiger partial charge in [0, 0.05) is 23.0 Å². The molecule has 4 nitrogen and oxygen atoms in total. The third kappa shape index (κ3) is 2.28. The normalized spacial score (nSPS) is 21.3. The van der Waals surface area contributed by atoms with E-state index in [1.165, 1.54) is 6.07 Å². The molecule has 1 unspecified atom stereocenters. The highest BCUT2D eigenvalue weighted by Gasteiger charge is 2.53. The number of amides is 1. The summed E-state index contributed by atoms with van der Waals surface area (Å²) < 4.78 is -1.44. The van der Waals surface area contributed by atoms with Crippen molar-refractivity contribution in [2.45, 2.75) is 16.7 Å². The molecule has 7 heteroatoms. The van der Waals surface area contributed by atoms with E-state index in [1.807, 2.05) is 0 Å². The lowest BCUT2D eigenvalue weighted by atomic mass is 9.77. The molecule has 0 spiro atoms. The zero-order valence-electron chi connectivity index (χ0n) is 8.91. The van der Waals surface area contributed by atoms with Gasteiger partial charge in [0.2, 0.25) is 0 Å². The molecule has 1 atom stereocenters. The molecule has 0 aromatic heterocycles. The molecule has 0 heterocycles. The fourth-order valence-electron chi connectivity index (χ4n) is 1.83. The van der Waals surface area contributed by atoms with E-state index in [1.54, 1.807) is 12.1 Å². The number of benzene rings is 1. The summed E-state index contributed by atoms with van der Waals surface area (Å²) in [5.74, 6) is -0.598. The molecule has 1 amide bonds. The first-order valence-corrected chi connectivity index (χ1v) is 6.16. The minimum absolute atomic E-state index is 0.235. The Balaban J connectivity index is 2.26. The topological polar surface area (TPSA) is 66.4 Å². The van der Waals surface area contributed by atoms with Crippen molar-refractivity contribution in [1.29, 1.82) is 0 Å². The lowest BCUT2D eigenvalue weighted by Crippen LogP contribution is -2.45. The largest absolute Gasteiger partial charge is 0.465 e. The summed E-state index contributed by atoms with van der Waals surface area (Å²) in [5, 5.41) is 11.1. The number of ketones is 1. The van der Waals surface area contributed by atoms with Crippen LogP contribution in [0.2, 0.25) is 5.02 Å². The van der Waals surface area contributed by atoms with Gasteiger partial charge in [0.25, 0.3) is 0 Å². The molecule has 0 radical (unpaired) electrons. The number of halogens is 3. The Morgan fingerprint density at radius 2 is 2.11 bits per heavy atom. The molecule has 2 N–H and O–H groups in total. The molecule has 0 saturated heterocycles. The number of alkyl halides is 2. The standard InChI is InChI=1S/C11H8Cl3NO3/c12-8-3-5(15-10(17)18)1-2-6(8)7-4-9(16)11(7,13)14/h1-3,7,15H,4H2,(H,17,18). The van der Waals surface area contributed by atoms with E-state index in [-0.39, 0.29) is 18.1 Å². The molecule has 1 saturated carbocycles. The summed E-state index contributed by atoms with van der Waals surface area (Å²) in [6, 6.07) is 4.61. The van der Waals surface area contributed by atoms with Crippen molar-refractivity contribution < 1.29 is 14.7 Å². The van der Waals surface area contributed by atoms with Gasteiger partial charge in [-0.3, -0.25) is 10.1 Å². The summed E-state index contributed by atoms with van der Waals surface area (Å²) in [5.41, 5.74) is 0.980. The number of carbonyl (C=O) groups excluding carboxylic acids is 1. The van der Waals surface area contributed by atoms with Crippen LogP contribution in [0.4, 0.5) is 10.5 Å².